The minimum Gasteiger partial charge on any atom is -0.319 e. The number of aryl methyl sites for hydroxylation is 1. The Labute approximate surface area is 190 Å². The zero-order chi connectivity index (χ0) is 24.6. The Hall–Kier alpha value is -4.02. The largest absolute Gasteiger partial charge is 0.319 e. The number of anilines is 1. The predicted molar refractivity (Wildman–Crippen MR) is 113 cm³/mol. The van der Waals surface area contributed by atoms with E-state index >= 15 is 0 Å². The highest BCUT2D eigenvalue weighted by Gasteiger charge is 2.27. The van der Waals surface area contributed by atoms with E-state index in [4.69, 9.17) is 0 Å². The fourth-order valence-electron chi connectivity index (χ4n) is 3.55. The first-order valence-electron chi connectivity index (χ1n) is 10.1. The molecule has 0 saturated carbocycles. The number of aromatic nitrogens is 4. The molecule has 0 radical (unpaired) electrons. The van der Waals surface area contributed by atoms with Gasteiger partial charge in [0.2, 0.25) is 5.82 Å². The highest BCUT2D eigenvalue weighted by atomic mass is 19.2. The fraction of sp³-hybridized carbons (Fsp3) is 0.174. The molecule has 0 saturated heterocycles. The predicted octanol–water partition coefficient (Wildman–Crippen LogP) is 4.74. The minimum absolute atomic E-state index is 0.270. The summed E-state index contributed by atoms with van der Waals surface area (Å²) >= 11 is 0. The van der Waals surface area contributed by atoms with Gasteiger partial charge in [0.05, 0.1) is 35.7 Å². The van der Waals surface area contributed by atoms with Crippen LogP contribution >= 0.6 is 0 Å². The van der Waals surface area contributed by atoms with Crippen LogP contribution in [-0.4, -0.2) is 25.5 Å². The van der Waals surface area contributed by atoms with Gasteiger partial charge in [-0.25, -0.2) is 22.0 Å². The van der Waals surface area contributed by atoms with Crippen molar-refractivity contribution in [3.8, 4) is 0 Å². The molecule has 0 aliphatic carbocycles. The molecule has 2 aromatic heterocycles. The number of halogens is 5. The van der Waals surface area contributed by atoms with Crippen LogP contribution in [0.15, 0.2) is 42.7 Å². The number of carbonyl (C=O) groups excluding carboxylic acids is 1. The molecular weight excluding hydrogens is 457 g/mol. The lowest BCUT2D eigenvalue weighted by Crippen LogP contribution is -2.15. The van der Waals surface area contributed by atoms with Gasteiger partial charge in [-0.05, 0) is 37.6 Å². The molecule has 2 heterocycles. The average molecular weight is 475 g/mol. The van der Waals surface area contributed by atoms with Crippen molar-refractivity contribution in [3.05, 3.63) is 99.9 Å². The second-order valence-electron chi connectivity index (χ2n) is 7.61. The molecule has 11 heteroatoms. The Morgan fingerprint density at radius 3 is 2.26 bits per heavy atom. The van der Waals surface area contributed by atoms with Crippen molar-refractivity contribution in [3.63, 3.8) is 0 Å². The lowest BCUT2D eigenvalue weighted by Gasteiger charge is -2.11. The van der Waals surface area contributed by atoms with Crippen molar-refractivity contribution in [2.24, 2.45) is 0 Å². The second-order valence-corrected chi connectivity index (χ2v) is 7.61. The maximum Gasteiger partial charge on any atom is 0.255 e. The Balaban J connectivity index is 1.58. The topological polar surface area (TPSA) is 64.7 Å². The SMILES string of the molecule is Cc1nn(Cc2c(F)c(F)c(F)c(F)c2F)c(C)c1NC(=O)c1cccc(Cn2cccn2)c1. The van der Waals surface area contributed by atoms with Crippen LogP contribution in [0.1, 0.15) is 32.9 Å². The minimum atomic E-state index is -2.23. The van der Waals surface area contributed by atoms with Crippen LogP contribution in [0.3, 0.4) is 0 Å². The third-order valence-electron chi connectivity index (χ3n) is 5.32. The first kappa shape index (κ1) is 23.1. The standard InChI is InChI=1S/C23H18F5N5O/c1-12-22(30-23(34)15-6-3-5-14(9-15)10-32-8-4-7-29-32)13(2)33(31-12)11-16-17(24)19(26)21(28)20(27)18(16)25/h3-9H,10-11H2,1-2H3,(H,30,34). The number of nitrogens with zero attached hydrogens (tertiary/aromatic N) is 4. The van der Waals surface area contributed by atoms with Crippen LogP contribution in [-0.2, 0) is 13.1 Å². The van der Waals surface area contributed by atoms with E-state index in [2.05, 4.69) is 15.5 Å². The van der Waals surface area contributed by atoms with Gasteiger partial charge in [0.25, 0.3) is 5.91 Å². The zero-order valence-corrected chi connectivity index (χ0v) is 18.0. The van der Waals surface area contributed by atoms with Gasteiger partial charge in [-0.15, -0.1) is 0 Å². The van der Waals surface area contributed by atoms with Crippen molar-refractivity contribution in [1.29, 1.82) is 0 Å². The third kappa shape index (κ3) is 4.28. The lowest BCUT2D eigenvalue weighted by atomic mass is 10.1. The molecule has 0 unspecified atom stereocenters. The van der Waals surface area contributed by atoms with Gasteiger partial charge in [-0.1, -0.05) is 12.1 Å². The maximum atomic E-state index is 14.1. The Kier molecular flexibility index (Phi) is 6.18. The van der Waals surface area contributed by atoms with E-state index in [9.17, 15) is 26.7 Å². The molecule has 0 atom stereocenters. The highest BCUT2D eigenvalue weighted by molar-refractivity contribution is 6.05. The summed E-state index contributed by atoms with van der Waals surface area (Å²) in [7, 11) is 0. The van der Waals surface area contributed by atoms with Gasteiger partial charge in [0.15, 0.2) is 23.3 Å². The molecule has 0 spiro atoms. The molecule has 2 aromatic carbocycles. The van der Waals surface area contributed by atoms with E-state index in [0.717, 1.165) is 10.2 Å². The van der Waals surface area contributed by atoms with Gasteiger partial charge in [0.1, 0.15) is 0 Å². The zero-order valence-electron chi connectivity index (χ0n) is 18.0. The second kappa shape index (κ2) is 9.08. The molecule has 0 aliphatic heterocycles. The van der Waals surface area contributed by atoms with Crippen LogP contribution in [0.25, 0.3) is 0 Å². The smallest absolute Gasteiger partial charge is 0.255 e. The van der Waals surface area contributed by atoms with Crippen LogP contribution in [0.2, 0.25) is 0 Å². The normalized spacial score (nSPS) is 11.1. The molecule has 176 valence electrons. The average Bonchev–Trinajstić information content (AvgIpc) is 3.42. The van der Waals surface area contributed by atoms with Crippen molar-refractivity contribution in [2.45, 2.75) is 26.9 Å². The number of carbonyl (C=O) groups is 1. The molecular formula is C23H18F5N5O. The summed E-state index contributed by atoms with van der Waals surface area (Å²) in [5.74, 6) is -10.6. The maximum absolute atomic E-state index is 14.1. The van der Waals surface area contributed by atoms with E-state index in [1.165, 1.54) is 6.92 Å². The molecule has 34 heavy (non-hydrogen) atoms. The number of hydrogen-bond acceptors (Lipinski definition) is 3. The van der Waals surface area contributed by atoms with Crippen molar-refractivity contribution in [1.82, 2.24) is 19.6 Å². The Morgan fingerprint density at radius 1 is 0.941 bits per heavy atom. The molecule has 1 N–H and O–H groups in total. The molecule has 1 amide bonds. The van der Waals surface area contributed by atoms with Gasteiger partial charge in [0, 0.05) is 18.0 Å². The van der Waals surface area contributed by atoms with Gasteiger partial charge in [-0.3, -0.25) is 14.2 Å². The van der Waals surface area contributed by atoms with E-state index < -0.39 is 47.1 Å². The quantitative estimate of drug-likeness (QED) is 0.249. The molecule has 0 fully saturated rings. The summed E-state index contributed by atoms with van der Waals surface area (Å²) in [4.78, 5) is 12.8. The van der Waals surface area contributed by atoms with Crippen LogP contribution in [0.4, 0.5) is 27.6 Å². The number of rotatable bonds is 6. The van der Waals surface area contributed by atoms with Gasteiger partial charge >= 0.3 is 0 Å². The van der Waals surface area contributed by atoms with E-state index in [0.29, 0.717) is 17.8 Å². The Morgan fingerprint density at radius 2 is 1.62 bits per heavy atom. The summed E-state index contributed by atoms with van der Waals surface area (Å²) in [5, 5.41) is 10.9. The molecule has 4 rings (SSSR count). The Bertz CT molecular complexity index is 1350. The first-order valence-corrected chi connectivity index (χ1v) is 10.1. The third-order valence-corrected chi connectivity index (χ3v) is 5.32. The summed E-state index contributed by atoms with van der Waals surface area (Å²) in [5.41, 5.74) is 1.03. The monoisotopic (exact) mass is 475 g/mol. The number of nitrogens with one attached hydrogen (secondary N) is 1. The highest BCUT2D eigenvalue weighted by Crippen LogP contribution is 2.26. The summed E-state index contributed by atoms with van der Waals surface area (Å²) in [6, 6.07) is 8.66. The van der Waals surface area contributed by atoms with Crippen molar-refractivity contribution in [2.75, 3.05) is 5.32 Å². The first-order chi connectivity index (χ1) is 16.2. The summed E-state index contributed by atoms with van der Waals surface area (Å²) in [6.07, 6.45) is 3.44. The molecule has 0 aliphatic rings. The number of hydrogen-bond donors (Lipinski definition) is 1. The van der Waals surface area contributed by atoms with E-state index in [-0.39, 0.29) is 11.4 Å². The summed E-state index contributed by atoms with van der Waals surface area (Å²) < 4.78 is 71.4. The molecule has 0 bridgehead atoms. The van der Waals surface area contributed by atoms with Crippen LogP contribution < -0.4 is 5.32 Å². The van der Waals surface area contributed by atoms with E-state index in [1.54, 1.807) is 48.3 Å². The summed E-state index contributed by atoms with van der Waals surface area (Å²) in [6.45, 7) is 2.81. The van der Waals surface area contributed by atoms with Crippen molar-refractivity contribution < 1.29 is 26.7 Å². The molecule has 6 nitrogen and oxygen atoms in total. The lowest BCUT2D eigenvalue weighted by molar-refractivity contribution is 0.102. The van der Waals surface area contributed by atoms with E-state index in [1.807, 2.05) is 6.07 Å². The van der Waals surface area contributed by atoms with Gasteiger partial charge in [-0.2, -0.15) is 10.2 Å². The van der Waals surface area contributed by atoms with Gasteiger partial charge < -0.3 is 5.32 Å². The fourth-order valence-corrected chi connectivity index (χ4v) is 3.55. The van der Waals surface area contributed by atoms with Crippen LogP contribution in [0.5, 0.6) is 0 Å². The van der Waals surface area contributed by atoms with Crippen LogP contribution in [0, 0.1) is 42.9 Å². The molecule has 4 aromatic rings. The number of benzene rings is 2. The van der Waals surface area contributed by atoms with Crippen molar-refractivity contribution >= 4 is 11.6 Å². The number of amides is 1.